The minimum Gasteiger partial charge on any atom is -0.465 e. The Morgan fingerprint density at radius 3 is 2.29 bits per heavy atom. The molecule has 218 valence electrons. The van der Waals surface area contributed by atoms with Gasteiger partial charge >= 0.3 is 12.1 Å². The molecule has 3 atom stereocenters. The molecule has 5 rings (SSSR count). The number of likely N-dealkylation sites (tertiary alicyclic amines) is 1. The SMILES string of the molecule is COC(=O)c1ccccc1NC(C)c1cc(C)cc2c(=O)n(C)c(N3CC4CN(C(=O)OC(C)(C)C)CC4C3)cc12. The fourth-order valence-electron chi connectivity index (χ4n) is 6.20. The van der Waals surface area contributed by atoms with Crippen molar-refractivity contribution >= 4 is 34.3 Å². The molecule has 3 heterocycles. The molecule has 0 radical (unpaired) electrons. The Hall–Kier alpha value is -4.01. The molecule has 2 aliphatic heterocycles. The van der Waals surface area contributed by atoms with Crippen LogP contribution in [0.4, 0.5) is 16.3 Å². The normalized spacial score (nSPS) is 19.3. The molecule has 2 saturated heterocycles. The highest BCUT2D eigenvalue weighted by molar-refractivity contribution is 5.96. The number of amides is 1. The van der Waals surface area contributed by atoms with Crippen molar-refractivity contribution in [2.45, 2.75) is 46.3 Å². The summed E-state index contributed by atoms with van der Waals surface area (Å²) < 4.78 is 12.3. The van der Waals surface area contributed by atoms with Crippen LogP contribution < -0.4 is 15.8 Å². The molecular weight excluding hydrogens is 520 g/mol. The van der Waals surface area contributed by atoms with Crippen LogP contribution in [0.25, 0.3) is 10.8 Å². The molecule has 41 heavy (non-hydrogen) atoms. The van der Waals surface area contributed by atoms with Gasteiger partial charge in [-0.3, -0.25) is 9.36 Å². The lowest BCUT2D eigenvalue weighted by atomic mass is 9.97. The number of benzene rings is 2. The number of nitrogens with one attached hydrogen (secondary N) is 1. The Balaban J connectivity index is 1.44. The quantitative estimate of drug-likeness (QED) is 0.434. The lowest BCUT2D eigenvalue weighted by Gasteiger charge is -2.27. The van der Waals surface area contributed by atoms with E-state index in [1.165, 1.54) is 7.11 Å². The number of pyridine rings is 1. The number of hydrogen-bond donors (Lipinski definition) is 1. The second-order valence-electron chi connectivity index (χ2n) is 12.4. The van der Waals surface area contributed by atoms with Gasteiger partial charge in [-0.1, -0.05) is 18.2 Å². The topological polar surface area (TPSA) is 93.1 Å². The number of carbonyl (C=O) groups excluding carboxylic acids is 2. The molecule has 2 aromatic carbocycles. The van der Waals surface area contributed by atoms with Gasteiger partial charge in [0.2, 0.25) is 0 Å². The van der Waals surface area contributed by atoms with Gasteiger partial charge in [-0.05, 0) is 75.4 Å². The molecule has 0 aliphatic carbocycles. The summed E-state index contributed by atoms with van der Waals surface area (Å²) in [6, 6.07) is 13.2. The molecule has 9 nitrogen and oxygen atoms in total. The number of ether oxygens (including phenoxy) is 2. The van der Waals surface area contributed by atoms with Crippen LogP contribution in [-0.4, -0.2) is 60.4 Å². The fraction of sp³-hybridized carbons (Fsp3) is 0.469. The van der Waals surface area contributed by atoms with Gasteiger partial charge in [0.1, 0.15) is 11.4 Å². The minimum atomic E-state index is -0.520. The van der Waals surface area contributed by atoms with Crippen LogP contribution in [0, 0.1) is 18.8 Å². The number of esters is 1. The zero-order valence-electron chi connectivity index (χ0n) is 25.0. The van der Waals surface area contributed by atoms with E-state index in [2.05, 4.69) is 22.3 Å². The second kappa shape index (κ2) is 10.8. The van der Waals surface area contributed by atoms with Crippen molar-refractivity contribution in [1.29, 1.82) is 0 Å². The zero-order valence-corrected chi connectivity index (χ0v) is 25.0. The summed E-state index contributed by atoms with van der Waals surface area (Å²) >= 11 is 0. The van der Waals surface area contributed by atoms with E-state index in [1.54, 1.807) is 16.7 Å². The lowest BCUT2D eigenvalue weighted by molar-refractivity contribution is 0.0282. The van der Waals surface area contributed by atoms with Gasteiger partial charge in [-0.15, -0.1) is 0 Å². The van der Waals surface area contributed by atoms with Crippen molar-refractivity contribution < 1.29 is 19.1 Å². The monoisotopic (exact) mass is 560 g/mol. The molecule has 0 saturated carbocycles. The third kappa shape index (κ3) is 5.62. The number of methoxy groups -OCH3 is 1. The van der Waals surface area contributed by atoms with Gasteiger partial charge in [0.05, 0.1) is 12.7 Å². The van der Waals surface area contributed by atoms with Crippen molar-refractivity contribution in [3.63, 3.8) is 0 Å². The van der Waals surface area contributed by atoms with Crippen molar-refractivity contribution in [3.05, 3.63) is 69.5 Å². The highest BCUT2D eigenvalue weighted by atomic mass is 16.6. The highest BCUT2D eigenvalue weighted by Crippen LogP contribution is 2.36. The predicted molar refractivity (Wildman–Crippen MR) is 161 cm³/mol. The van der Waals surface area contributed by atoms with Crippen LogP contribution >= 0.6 is 0 Å². The minimum absolute atomic E-state index is 0.0444. The largest absolute Gasteiger partial charge is 0.465 e. The maximum atomic E-state index is 13.7. The molecular formula is C32H40N4O5. The van der Waals surface area contributed by atoms with Crippen molar-refractivity contribution in [3.8, 4) is 0 Å². The Morgan fingerprint density at radius 1 is 1.00 bits per heavy atom. The first-order chi connectivity index (χ1) is 19.4. The van der Waals surface area contributed by atoms with E-state index in [0.29, 0.717) is 41.6 Å². The van der Waals surface area contributed by atoms with Gasteiger partial charge in [0, 0.05) is 62.2 Å². The predicted octanol–water partition coefficient (Wildman–Crippen LogP) is 5.11. The number of fused-ring (bicyclic) bond motifs is 2. The van der Waals surface area contributed by atoms with Crippen LogP contribution in [-0.2, 0) is 16.5 Å². The maximum absolute atomic E-state index is 13.7. The molecule has 2 fully saturated rings. The van der Waals surface area contributed by atoms with Crippen molar-refractivity contribution in [2.24, 2.45) is 18.9 Å². The summed E-state index contributed by atoms with van der Waals surface area (Å²) in [4.78, 5) is 42.8. The highest BCUT2D eigenvalue weighted by Gasteiger charge is 2.43. The first kappa shape index (κ1) is 28.5. The van der Waals surface area contributed by atoms with E-state index < -0.39 is 11.6 Å². The smallest absolute Gasteiger partial charge is 0.410 e. The summed E-state index contributed by atoms with van der Waals surface area (Å²) in [5.74, 6) is 1.10. The average molecular weight is 561 g/mol. The zero-order chi connectivity index (χ0) is 29.6. The molecule has 2 aliphatic rings. The summed E-state index contributed by atoms with van der Waals surface area (Å²) in [6.07, 6.45) is -0.258. The van der Waals surface area contributed by atoms with E-state index in [4.69, 9.17) is 9.47 Å². The number of hydrogen-bond acceptors (Lipinski definition) is 7. The molecule has 9 heteroatoms. The van der Waals surface area contributed by atoms with E-state index in [-0.39, 0.29) is 17.7 Å². The van der Waals surface area contributed by atoms with Crippen LogP contribution in [0.15, 0.2) is 47.3 Å². The molecule has 1 N–H and O–H groups in total. The number of para-hydroxylation sites is 1. The van der Waals surface area contributed by atoms with Gasteiger partial charge in [-0.25, -0.2) is 9.59 Å². The third-order valence-electron chi connectivity index (χ3n) is 8.14. The molecule has 3 unspecified atom stereocenters. The number of anilines is 2. The first-order valence-electron chi connectivity index (χ1n) is 14.2. The molecule has 0 bridgehead atoms. The third-order valence-corrected chi connectivity index (χ3v) is 8.14. The van der Waals surface area contributed by atoms with Crippen LogP contribution in [0.2, 0.25) is 0 Å². The molecule has 3 aromatic rings. The van der Waals surface area contributed by atoms with Gasteiger partial charge in [0.25, 0.3) is 5.56 Å². The Bertz CT molecular complexity index is 1540. The number of aromatic nitrogens is 1. The number of rotatable bonds is 5. The number of nitrogens with zero attached hydrogens (tertiary/aromatic N) is 3. The number of carbonyl (C=O) groups is 2. The Labute approximate surface area is 241 Å². The summed E-state index contributed by atoms with van der Waals surface area (Å²) in [7, 11) is 3.20. The van der Waals surface area contributed by atoms with Gasteiger partial charge in [-0.2, -0.15) is 0 Å². The maximum Gasteiger partial charge on any atom is 0.410 e. The summed E-state index contributed by atoms with van der Waals surface area (Å²) in [5, 5.41) is 5.03. The molecule has 1 aromatic heterocycles. The van der Waals surface area contributed by atoms with Crippen LogP contribution in [0.5, 0.6) is 0 Å². The van der Waals surface area contributed by atoms with E-state index in [1.807, 2.05) is 64.8 Å². The van der Waals surface area contributed by atoms with Crippen LogP contribution in [0.3, 0.4) is 0 Å². The molecule has 1 amide bonds. The van der Waals surface area contributed by atoms with Crippen molar-refractivity contribution in [1.82, 2.24) is 9.47 Å². The van der Waals surface area contributed by atoms with E-state index in [9.17, 15) is 14.4 Å². The second-order valence-corrected chi connectivity index (χ2v) is 12.4. The standard InChI is InChI=1S/C32H40N4O5/c1-19-12-24(20(2)33-27-11-9-8-10-23(27)30(38)40-7)25-14-28(34(6)29(37)26(25)13-19)35-15-21-17-36(18-22(21)16-35)31(39)41-32(3,4)5/h8-14,20-22,33H,15-18H2,1-7H3. The summed E-state index contributed by atoms with van der Waals surface area (Å²) in [6.45, 7) is 12.5. The van der Waals surface area contributed by atoms with Crippen molar-refractivity contribution in [2.75, 3.05) is 43.5 Å². The fourth-order valence-corrected chi connectivity index (χ4v) is 6.20. The van der Waals surface area contributed by atoms with E-state index in [0.717, 1.165) is 35.4 Å². The van der Waals surface area contributed by atoms with E-state index >= 15 is 0 Å². The summed E-state index contributed by atoms with van der Waals surface area (Å²) in [5.41, 5.74) is 2.54. The van der Waals surface area contributed by atoms with Gasteiger partial charge in [0.15, 0.2) is 0 Å². The Kier molecular flexibility index (Phi) is 7.48. The average Bonchev–Trinajstić information content (AvgIpc) is 3.49. The lowest BCUT2D eigenvalue weighted by Crippen LogP contribution is -2.38. The molecule has 0 spiro atoms. The van der Waals surface area contributed by atoms with Crippen LogP contribution in [0.1, 0.15) is 55.2 Å². The number of aryl methyl sites for hydroxylation is 1. The Morgan fingerprint density at radius 2 is 1.66 bits per heavy atom. The van der Waals surface area contributed by atoms with Gasteiger partial charge < -0.3 is 24.6 Å². The first-order valence-corrected chi connectivity index (χ1v) is 14.2.